The van der Waals surface area contributed by atoms with Gasteiger partial charge in [-0.05, 0) is 50.5 Å². The van der Waals surface area contributed by atoms with Crippen molar-refractivity contribution in [2.24, 2.45) is 7.05 Å². The maximum Gasteiger partial charge on any atom is 0.274 e. The number of aliphatic hydroxyl groups excluding tert-OH is 1. The highest BCUT2D eigenvalue weighted by molar-refractivity contribution is 6.06. The number of aliphatic hydroxyl groups is 1. The van der Waals surface area contributed by atoms with E-state index in [1.807, 2.05) is 37.6 Å². The molecule has 1 atom stereocenters. The van der Waals surface area contributed by atoms with Crippen LogP contribution in [0.15, 0.2) is 48.9 Å². The third kappa shape index (κ3) is 4.65. The normalized spacial score (nSPS) is 15.0. The zero-order valence-electron chi connectivity index (χ0n) is 19.5. The van der Waals surface area contributed by atoms with E-state index in [0.29, 0.717) is 17.9 Å². The Labute approximate surface area is 198 Å². The number of aryl methyl sites for hydroxylation is 1. The summed E-state index contributed by atoms with van der Waals surface area (Å²) in [6, 6.07) is 9.44. The molecular formula is C25H29N7O2. The minimum Gasteiger partial charge on any atom is -0.391 e. The van der Waals surface area contributed by atoms with Gasteiger partial charge >= 0.3 is 0 Å². The summed E-state index contributed by atoms with van der Waals surface area (Å²) in [5, 5.41) is 22.5. The predicted molar refractivity (Wildman–Crippen MR) is 132 cm³/mol. The summed E-state index contributed by atoms with van der Waals surface area (Å²) in [5.41, 5.74) is 4.45. The molecule has 1 aromatic carbocycles. The molecule has 3 aromatic heterocycles. The van der Waals surface area contributed by atoms with Gasteiger partial charge in [-0.15, -0.1) is 0 Å². The van der Waals surface area contributed by atoms with E-state index in [1.54, 1.807) is 28.6 Å². The Balaban J connectivity index is 1.43. The van der Waals surface area contributed by atoms with Crippen molar-refractivity contribution in [1.82, 2.24) is 24.5 Å². The maximum atomic E-state index is 13.3. The van der Waals surface area contributed by atoms with Gasteiger partial charge in [0, 0.05) is 43.5 Å². The fourth-order valence-electron chi connectivity index (χ4n) is 4.46. The fraction of sp³-hybridized carbons (Fsp3) is 0.360. The molecule has 1 aliphatic heterocycles. The molecule has 0 spiro atoms. The number of aromatic nitrogens is 5. The molecule has 9 nitrogen and oxygen atoms in total. The lowest BCUT2D eigenvalue weighted by Crippen LogP contribution is -2.30. The van der Waals surface area contributed by atoms with Gasteiger partial charge in [0.05, 0.1) is 41.4 Å². The van der Waals surface area contributed by atoms with Gasteiger partial charge in [-0.3, -0.25) is 14.2 Å². The third-order valence-electron chi connectivity index (χ3n) is 6.04. The van der Waals surface area contributed by atoms with Gasteiger partial charge in [0.1, 0.15) is 5.69 Å². The summed E-state index contributed by atoms with van der Waals surface area (Å²) in [7, 11) is 1.90. The van der Waals surface area contributed by atoms with Crippen LogP contribution in [-0.4, -0.2) is 54.8 Å². The number of benzene rings is 1. The number of fused-ring (bicyclic) bond motifs is 1. The lowest BCUT2D eigenvalue weighted by atomic mass is 10.1. The Kier molecular flexibility index (Phi) is 6.02. The largest absolute Gasteiger partial charge is 0.391 e. The van der Waals surface area contributed by atoms with Crippen LogP contribution in [0.2, 0.25) is 0 Å². The van der Waals surface area contributed by atoms with Crippen molar-refractivity contribution in [1.29, 1.82) is 0 Å². The molecule has 4 aromatic rings. The molecule has 2 N–H and O–H groups in total. The Bertz CT molecular complexity index is 1320. The topological polar surface area (TPSA) is 101 Å². The van der Waals surface area contributed by atoms with E-state index in [2.05, 4.69) is 31.5 Å². The molecule has 1 aliphatic rings. The second kappa shape index (κ2) is 9.26. The molecule has 0 radical (unpaired) electrons. The minimum atomic E-state index is -0.496. The Morgan fingerprint density at radius 1 is 1.18 bits per heavy atom. The fourth-order valence-corrected chi connectivity index (χ4v) is 4.46. The van der Waals surface area contributed by atoms with E-state index in [0.717, 1.165) is 53.8 Å². The molecule has 5 rings (SSSR count). The van der Waals surface area contributed by atoms with Crippen LogP contribution in [-0.2, 0) is 13.6 Å². The summed E-state index contributed by atoms with van der Waals surface area (Å²) < 4.78 is 3.46. The summed E-state index contributed by atoms with van der Waals surface area (Å²) in [4.78, 5) is 20.2. The lowest BCUT2D eigenvalue weighted by Gasteiger charge is -2.30. The van der Waals surface area contributed by atoms with Gasteiger partial charge in [-0.1, -0.05) is 6.07 Å². The van der Waals surface area contributed by atoms with Crippen molar-refractivity contribution >= 4 is 28.2 Å². The second-order valence-corrected chi connectivity index (χ2v) is 8.94. The van der Waals surface area contributed by atoms with Crippen molar-refractivity contribution in [2.45, 2.75) is 38.8 Å². The average Bonchev–Trinajstić information content (AvgIpc) is 3.44. The predicted octanol–water partition coefficient (Wildman–Crippen LogP) is 3.46. The highest BCUT2D eigenvalue weighted by Gasteiger charge is 2.19. The zero-order valence-corrected chi connectivity index (χ0v) is 19.5. The molecule has 1 fully saturated rings. The smallest absolute Gasteiger partial charge is 0.274 e. The number of nitrogens with one attached hydrogen (secondary N) is 1. The number of anilines is 2. The first kappa shape index (κ1) is 22.1. The molecule has 176 valence electrons. The van der Waals surface area contributed by atoms with Crippen LogP contribution >= 0.6 is 0 Å². The first-order valence-corrected chi connectivity index (χ1v) is 11.7. The number of nitrogens with zero attached hydrogens (tertiary/aromatic N) is 6. The Morgan fingerprint density at radius 3 is 2.79 bits per heavy atom. The SMILES string of the molecule is C[C@H](O)Cn1cc(-c2cccc(C(=O)Nc3cc4cn(C)nc4cc3N3CCCCC3)n2)cn1. The van der Waals surface area contributed by atoms with Gasteiger partial charge < -0.3 is 15.3 Å². The minimum absolute atomic E-state index is 0.264. The van der Waals surface area contributed by atoms with Crippen molar-refractivity contribution in [3.05, 3.63) is 54.6 Å². The highest BCUT2D eigenvalue weighted by atomic mass is 16.3. The molecule has 0 saturated carbocycles. The molecule has 0 aliphatic carbocycles. The van der Waals surface area contributed by atoms with Gasteiger partial charge in [-0.2, -0.15) is 10.2 Å². The van der Waals surface area contributed by atoms with Crippen LogP contribution in [0.1, 0.15) is 36.7 Å². The van der Waals surface area contributed by atoms with Gasteiger partial charge in [-0.25, -0.2) is 4.98 Å². The van der Waals surface area contributed by atoms with Crippen LogP contribution in [0.5, 0.6) is 0 Å². The number of hydrogen-bond donors (Lipinski definition) is 2. The number of carbonyl (C=O) groups excluding carboxylic acids is 1. The number of carbonyl (C=O) groups is 1. The van der Waals surface area contributed by atoms with E-state index in [4.69, 9.17) is 0 Å². The summed E-state index contributed by atoms with van der Waals surface area (Å²) in [6.45, 7) is 4.04. The van der Waals surface area contributed by atoms with Gasteiger partial charge in [0.15, 0.2) is 0 Å². The van der Waals surface area contributed by atoms with Crippen molar-refractivity contribution in [3.63, 3.8) is 0 Å². The van der Waals surface area contributed by atoms with Crippen LogP contribution in [0, 0.1) is 0 Å². The number of piperidine rings is 1. The van der Waals surface area contributed by atoms with Crippen LogP contribution in [0.3, 0.4) is 0 Å². The number of rotatable bonds is 6. The molecule has 1 saturated heterocycles. The molecule has 34 heavy (non-hydrogen) atoms. The van der Waals surface area contributed by atoms with E-state index in [1.165, 1.54) is 6.42 Å². The molecule has 4 heterocycles. The summed E-state index contributed by atoms with van der Waals surface area (Å²) >= 11 is 0. The van der Waals surface area contributed by atoms with Crippen molar-refractivity contribution < 1.29 is 9.90 Å². The number of amides is 1. The number of pyridine rings is 1. The zero-order chi connectivity index (χ0) is 23.7. The third-order valence-corrected chi connectivity index (χ3v) is 6.04. The molecular weight excluding hydrogens is 430 g/mol. The van der Waals surface area contributed by atoms with Crippen molar-refractivity contribution in [2.75, 3.05) is 23.3 Å². The van der Waals surface area contributed by atoms with Crippen LogP contribution < -0.4 is 10.2 Å². The van der Waals surface area contributed by atoms with E-state index in [-0.39, 0.29) is 5.91 Å². The van der Waals surface area contributed by atoms with Crippen molar-refractivity contribution in [3.8, 4) is 11.3 Å². The number of hydrogen-bond acceptors (Lipinski definition) is 6. The Hall–Kier alpha value is -3.72. The van der Waals surface area contributed by atoms with E-state index < -0.39 is 6.10 Å². The molecule has 0 unspecified atom stereocenters. The monoisotopic (exact) mass is 459 g/mol. The van der Waals surface area contributed by atoms with Gasteiger partial charge in [0.25, 0.3) is 5.91 Å². The first-order chi connectivity index (χ1) is 16.5. The van der Waals surface area contributed by atoms with E-state index >= 15 is 0 Å². The molecule has 1 amide bonds. The van der Waals surface area contributed by atoms with Crippen LogP contribution in [0.4, 0.5) is 11.4 Å². The second-order valence-electron chi connectivity index (χ2n) is 8.94. The van der Waals surface area contributed by atoms with Gasteiger partial charge in [0.2, 0.25) is 0 Å². The highest BCUT2D eigenvalue weighted by Crippen LogP contribution is 2.33. The standard InChI is InChI=1S/C25H29N7O2/c1-17(33)14-32-16-19(13-26-32)20-7-6-8-21(27-20)25(34)28-23-11-18-15-30(2)29-22(18)12-24(23)31-9-4-3-5-10-31/h6-8,11-13,15-17,33H,3-5,9-10,14H2,1-2H3,(H,28,34)/t17-/m0/s1. The lowest BCUT2D eigenvalue weighted by molar-refractivity contribution is 0.102. The summed E-state index contributed by atoms with van der Waals surface area (Å²) in [5.74, 6) is -0.264. The Morgan fingerprint density at radius 2 is 2.00 bits per heavy atom. The molecule has 0 bridgehead atoms. The van der Waals surface area contributed by atoms with E-state index in [9.17, 15) is 9.90 Å². The first-order valence-electron chi connectivity index (χ1n) is 11.7. The summed E-state index contributed by atoms with van der Waals surface area (Å²) in [6.07, 6.45) is 8.48. The van der Waals surface area contributed by atoms with Crippen LogP contribution in [0.25, 0.3) is 22.2 Å². The molecule has 9 heteroatoms. The average molecular weight is 460 g/mol. The quantitative estimate of drug-likeness (QED) is 0.458. The maximum absolute atomic E-state index is 13.3.